The van der Waals surface area contributed by atoms with E-state index in [4.69, 9.17) is 16.3 Å². The van der Waals surface area contributed by atoms with E-state index in [1.54, 1.807) is 24.3 Å². The largest absolute Gasteiger partial charge is 0.492 e. The number of aromatic carboxylic acids is 1. The van der Waals surface area contributed by atoms with Gasteiger partial charge >= 0.3 is 5.97 Å². The molecule has 132 valence electrons. The topological polar surface area (TPSA) is 75.6 Å². The number of rotatable bonds is 7. The van der Waals surface area contributed by atoms with Crippen LogP contribution in [0.1, 0.15) is 27.9 Å². The van der Waals surface area contributed by atoms with Crippen molar-refractivity contribution in [2.45, 2.75) is 13.3 Å². The molecule has 5 heteroatoms. The minimum absolute atomic E-state index is 0.0403. The van der Waals surface area contributed by atoms with Crippen molar-refractivity contribution >= 4 is 23.6 Å². The van der Waals surface area contributed by atoms with E-state index in [1.807, 2.05) is 25.1 Å². The smallest absolute Gasteiger partial charge is 0.337 e. The summed E-state index contributed by atoms with van der Waals surface area (Å²) in [5.41, 5.74) is 2.05. The van der Waals surface area contributed by atoms with Crippen LogP contribution in [0, 0.1) is 19.3 Å². The number of aryl methyl sites for hydroxylation is 1. The summed E-state index contributed by atoms with van der Waals surface area (Å²) in [5, 5.41) is 11.7. The summed E-state index contributed by atoms with van der Waals surface area (Å²) in [4.78, 5) is 23.2. The van der Waals surface area contributed by atoms with Crippen LogP contribution in [0.3, 0.4) is 0 Å². The van der Waals surface area contributed by atoms with E-state index in [1.165, 1.54) is 12.1 Å². The number of terminal acetylenes is 1. The molecule has 1 amide bonds. The summed E-state index contributed by atoms with van der Waals surface area (Å²) in [7, 11) is 0. The molecule has 0 bridgehead atoms. The van der Waals surface area contributed by atoms with Gasteiger partial charge < -0.3 is 15.2 Å². The standard InChI is InChI=1S/C21H19NO4/c1-3-4-13-26-19-11-9-16(14-15(19)2)10-12-20(23)22-18-8-6-5-7-17(18)21(24)25/h1,5-12,14H,4,13H2,2H3,(H,22,23)(H,24,25)/b12-10+. The Morgan fingerprint density at radius 1 is 1.27 bits per heavy atom. The van der Waals surface area contributed by atoms with E-state index in [9.17, 15) is 9.59 Å². The number of carbonyl (C=O) groups excluding carboxylic acids is 1. The van der Waals surface area contributed by atoms with E-state index in [0.717, 1.165) is 16.9 Å². The number of benzene rings is 2. The average Bonchev–Trinajstić information content (AvgIpc) is 2.62. The van der Waals surface area contributed by atoms with Gasteiger partial charge in [-0.1, -0.05) is 18.2 Å². The Balaban J connectivity index is 2.03. The highest BCUT2D eigenvalue weighted by atomic mass is 16.5. The fourth-order valence-electron chi connectivity index (χ4n) is 2.28. The van der Waals surface area contributed by atoms with Crippen LogP contribution in [-0.2, 0) is 4.79 Å². The number of hydrogen-bond donors (Lipinski definition) is 2. The zero-order valence-electron chi connectivity index (χ0n) is 14.4. The highest BCUT2D eigenvalue weighted by Gasteiger charge is 2.10. The van der Waals surface area contributed by atoms with Crippen molar-refractivity contribution in [1.29, 1.82) is 0 Å². The van der Waals surface area contributed by atoms with Gasteiger partial charge in [0.05, 0.1) is 17.9 Å². The monoisotopic (exact) mass is 349 g/mol. The molecule has 2 N–H and O–H groups in total. The molecule has 0 aliphatic carbocycles. The Kier molecular flexibility index (Phi) is 6.58. The van der Waals surface area contributed by atoms with Crippen molar-refractivity contribution in [2.24, 2.45) is 0 Å². The molecule has 0 radical (unpaired) electrons. The molecule has 0 saturated carbocycles. The van der Waals surface area contributed by atoms with E-state index in [2.05, 4.69) is 11.2 Å². The first-order valence-electron chi connectivity index (χ1n) is 7.99. The van der Waals surface area contributed by atoms with Gasteiger partial charge in [-0.2, -0.15) is 0 Å². The van der Waals surface area contributed by atoms with E-state index in [-0.39, 0.29) is 11.3 Å². The number of nitrogens with one attached hydrogen (secondary N) is 1. The second-order valence-corrected chi connectivity index (χ2v) is 5.50. The van der Waals surface area contributed by atoms with Crippen molar-refractivity contribution in [3.63, 3.8) is 0 Å². The average molecular weight is 349 g/mol. The lowest BCUT2D eigenvalue weighted by Crippen LogP contribution is -2.11. The molecule has 2 rings (SSSR count). The highest BCUT2D eigenvalue weighted by Crippen LogP contribution is 2.20. The van der Waals surface area contributed by atoms with Crippen LogP contribution in [0.4, 0.5) is 5.69 Å². The van der Waals surface area contributed by atoms with Crippen molar-refractivity contribution < 1.29 is 19.4 Å². The quantitative estimate of drug-likeness (QED) is 0.453. The number of para-hydroxylation sites is 1. The predicted molar refractivity (Wildman–Crippen MR) is 101 cm³/mol. The lowest BCUT2D eigenvalue weighted by atomic mass is 10.1. The second kappa shape index (κ2) is 9.09. The normalized spacial score (nSPS) is 10.3. The summed E-state index contributed by atoms with van der Waals surface area (Å²) >= 11 is 0. The molecule has 0 saturated heterocycles. The zero-order valence-corrected chi connectivity index (χ0v) is 14.4. The lowest BCUT2D eigenvalue weighted by molar-refractivity contribution is -0.111. The fraction of sp³-hybridized carbons (Fsp3) is 0.143. The summed E-state index contributed by atoms with van der Waals surface area (Å²) in [6.07, 6.45) is 8.74. The molecule has 0 aliphatic heterocycles. The van der Waals surface area contributed by atoms with Gasteiger partial charge in [0.15, 0.2) is 0 Å². The molecular weight excluding hydrogens is 330 g/mol. The van der Waals surface area contributed by atoms with Crippen LogP contribution < -0.4 is 10.1 Å². The van der Waals surface area contributed by atoms with Crippen molar-refractivity contribution in [3.05, 3.63) is 65.2 Å². The molecule has 0 spiro atoms. The second-order valence-electron chi connectivity index (χ2n) is 5.50. The number of anilines is 1. The number of carboxylic acid groups (broad SMARTS) is 1. The summed E-state index contributed by atoms with van der Waals surface area (Å²) in [6.45, 7) is 2.36. The van der Waals surface area contributed by atoms with Gasteiger partial charge in [0.2, 0.25) is 5.91 Å². The molecule has 0 aliphatic rings. The molecule has 2 aromatic rings. The molecule has 5 nitrogen and oxygen atoms in total. The van der Waals surface area contributed by atoms with Crippen LogP contribution in [0.15, 0.2) is 48.5 Å². The van der Waals surface area contributed by atoms with E-state index in [0.29, 0.717) is 13.0 Å². The van der Waals surface area contributed by atoms with Gasteiger partial charge in [-0.05, 0) is 48.4 Å². The first kappa shape index (κ1) is 18.8. The summed E-state index contributed by atoms with van der Waals surface area (Å²) in [5.74, 6) is 1.75. The Hall–Kier alpha value is -3.52. The number of ether oxygens (including phenoxy) is 1. The molecule has 2 aromatic carbocycles. The van der Waals surface area contributed by atoms with Crippen molar-refractivity contribution in [1.82, 2.24) is 0 Å². The van der Waals surface area contributed by atoms with Gasteiger partial charge in [-0.3, -0.25) is 4.79 Å². The summed E-state index contributed by atoms with van der Waals surface area (Å²) in [6, 6.07) is 11.8. The van der Waals surface area contributed by atoms with Crippen molar-refractivity contribution in [3.8, 4) is 18.1 Å². The Morgan fingerprint density at radius 2 is 2.04 bits per heavy atom. The molecule has 0 aromatic heterocycles. The van der Waals surface area contributed by atoms with Crippen LogP contribution in [-0.4, -0.2) is 23.6 Å². The van der Waals surface area contributed by atoms with Crippen LogP contribution in [0.25, 0.3) is 6.08 Å². The fourth-order valence-corrected chi connectivity index (χ4v) is 2.28. The maximum atomic E-state index is 12.1. The molecule has 0 atom stereocenters. The first-order valence-corrected chi connectivity index (χ1v) is 7.99. The third-order valence-electron chi connectivity index (χ3n) is 3.55. The van der Waals surface area contributed by atoms with Crippen LogP contribution in [0.2, 0.25) is 0 Å². The van der Waals surface area contributed by atoms with Crippen molar-refractivity contribution in [2.75, 3.05) is 11.9 Å². The van der Waals surface area contributed by atoms with Gasteiger partial charge in [-0.15, -0.1) is 12.3 Å². The SMILES string of the molecule is C#CCCOc1ccc(/C=C/C(=O)Nc2ccccc2C(=O)O)cc1C. The number of carbonyl (C=O) groups is 2. The number of carboxylic acids is 1. The van der Waals surface area contributed by atoms with E-state index >= 15 is 0 Å². The lowest BCUT2D eigenvalue weighted by Gasteiger charge is -2.08. The van der Waals surface area contributed by atoms with Crippen LogP contribution in [0.5, 0.6) is 5.75 Å². The maximum Gasteiger partial charge on any atom is 0.337 e. The molecule has 0 heterocycles. The molecule has 0 fully saturated rings. The van der Waals surface area contributed by atoms with Gasteiger partial charge in [0, 0.05) is 12.5 Å². The third kappa shape index (κ3) is 5.25. The minimum atomic E-state index is -1.10. The first-order chi connectivity index (χ1) is 12.5. The number of hydrogen-bond acceptors (Lipinski definition) is 3. The summed E-state index contributed by atoms with van der Waals surface area (Å²) < 4.78 is 5.57. The zero-order chi connectivity index (χ0) is 18.9. The molecule has 26 heavy (non-hydrogen) atoms. The van der Waals surface area contributed by atoms with Gasteiger partial charge in [0.1, 0.15) is 5.75 Å². The van der Waals surface area contributed by atoms with Gasteiger partial charge in [-0.25, -0.2) is 4.79 Å². The van der Waals surface area contributed by atoms with Gasteiger partial charge in [0.25, 0.3) is 0 Å². The predicted octanol–water partition coefficient (Wildman–Crippen LogP) is 3.75. The minimum Gasteiger partial charge on any atom is -0.492 e. The highest BCUT2D eigenvalue weighted by molar-refractivity contribution is 6.06. The Labute approximate surface area is 152 Å². The molecular formula is C21H19NO4. The number of amides is 1. The Bertz CT molecular complexity index is 878. The third-order valence-corrected chi connectivity index (χ3v) is 3.55. The maximum absolute atomic E-state index is 12.1. The van der Waals surface area contributed by atoms with E-state index < -0.39 is 11.9 Å². The molecule has 0 unspecified atom stereocenters. The van der Waals surface area contributed by atoms with Crippen LogP contribution >= 0.6 is 0 Å². The Morgan fingerprint density at radius 3 is 2.73 bits per heavy atom.